The van der Waals surface area contributed by atoms with E-state index in [2.05, 4.69) is 29.0 Å². The van der Waals surface area contributed by atoms with Gasteiger partial charge in [0.05, 0.1) is 10.7 Å². The fourth-order valence-corrected chi connectivity index (χ4v) is 2.54. The SMILES string of the molecule is CN1CCCN(c2ccc(CN)cc2Cl)CC1. The Hall–Kier alpha value is -0.770. The first-order chi connectivity index (χ1) is 8.20. The van der Waals surface area contributed by atoms with Gasteiger partial charge in [0.2, 0.25) is 0 Å². The van der Waals surface area contributed by atoms with Gasteiger partial charge in [0.15, 0.2) is 0 Å². The molecule has 1 aromatic rings. The Morgan fingerprint density at radius 2 is 2.06 bits per heavy atom. The van der Waals surface area contributed by atoms with E-state index in [0.29, 0.717) is 6.54 Å². The molecule has 0 aromatic heterocycles. The molecule has 0 unspecified atom stereocenters. The van der Waals surface area contributed by atoms with Crippen molar-refractivity contribution >= 4 is 17.3 Å². The molecule has 0 aliphatic carbocycles. The number of anilines is 1. The fourth-order valence-electron chi connectivity index (χ4n) is 2.22. The van der Waals surface area contributed by atoms with E-state index >= 15 is 0 Å². The van der Waals surface area contributed by atoms with Gasteiger partial charge in [-0.2, -0.15) is 0 Å². The molecule has 1 aliphatic rings. The summed E-state index contributed by atoms with van der Waals surface area (Å²) in [6.45, 7) is 4.91. The van der Waals surface area contributed by atoms with Crippen LogP contribution in [0.5, 0.6) is 0 Å². The van der Waals surface area contributed by atoms with Gasteiger partial charge >= 0.3 is 0 Å². The van der Waals surface area contributed by atoms with E-state index in [4.69, 9.17) is 17.3 Å². The molecule has 1 aromatic carbocycles. The van der Waals surface area contributed by atoms with Gasteiger partial charge in [-0.1, -0.05) is 17.7 Å². The number of rotatable bonds is 2. The molecule has 17 heavy (non-hydrogen) atoms. The summed E-state index contributed by atoms with van der Waals surface area (Å²) in [6, 6.07) is 6.14. The van der Waals surface area contributed by atoms with Crippen molar-refractivity contribution < 1.29 is 0 Å². The first-order valence-corrected chi connectivity index (χ1v) is 6.50. The molecule has 1 heterocycles. The molecule has 1 fully saturated rings. The molecule has 0 saturated carbocycles. The van der Waals surface area contributed by atoms with Gasteiger partial charge < -0.3 is 15.5 Å². The molecular weight excluding hydrogens is 234 g/mol. The van der Waals surface area contributed by atoms with Crippen molar-refractivity contribution in [2.75, 3.05) is 38.1 Å². The Morgan fingerprint density at radius 1 is 1.24 bits per heavy atom. The van der Waals surface area contributed by atoms with Gasteiger partial charge in [0.1, 0.15) is 0 Å². The Kier molecular flexibility index (Phi) is 4.26. The summed E-state index contributed by atoms with van der Waals surface area (Å²) in [5, 5.41) is 0.817. The maximum Gasteiger partial charge on any atom is 0.0642 e. The topological polar surface area (TPSA) is 32.5 Å². The standard InChI is InChI=1S/C13H20ClN3/c1-16-5-2-6-17(8-7-16)13-4-3-11(10-15)9-12(13)14/h3-4,9H,2,5-8,10,15H2,1H3. The molecule has 94 valence electrons. The van der Waals surface area contributed by atoms with Crippen LogP contribution in [0.1, 0.15) is 12.0 Å². The zero-order chi connectivity index (χ0) is 12.3. The molecule has 0 spiro atoms. The minimum absolute atomic E-state index is 0.544. The highest BCUT2D eigenvalue weighted by atomic mass is 35.5. The van der Waals surface area contributed by atoms with Crippen LogP contribution in [0.3, 0.4) is 0 Å². The number of nitrogens with zero attached hydrogens (tertiary/aromatic N) is 2. The number of nitrogens with two attached hydrogens (primary N) is 1. The third kappa shape index (κ3) is 3.12. The quantitative estimate of drug-likeness (QED) is 0.875. The summed E-state index contributed by atoms with van der Waals surface area (Å²) >= 11 is 6.32. The van der Waals surface area contributed by atoms with Gasteiger partial charge in [-0.3, -0.25) is 0 Å². The van der Waals surface area contributed by atoms with E-state index in [-0.39, 0.29) is 0 Å². The van der Waals surface area contributed by atoms with Gasteiger partial charge in [-0.25, -0.2) is 0 Å². The predicted octanol–water partition coefficient (Wildman–Crippen LogP) is 1.94. The van der Waals surface area contributed by atoms with Crippen molar-refractivity contribution in [3.05, 3.63) is 28.8 Å². The van der Waals surface area contributed by atoms with E-state index in [0.717, 1.165) is 42.5 Å². The number of likely N-dealkylation sites (N-methyl/N-ethyl adjacent to an activating group) is 1. The molecule has 4 heteroatoms. The summed E-state index contributed by atoms with van der Waals surface area (Å²) in [6.07, 6.45) is 1.19. The molecule has 0 bridgehead atoms. The van der Waals surface area contributed by atoms with Crippen molar-refractivity contribution in [3.63, 3.8) is 0 Å². The largest absolute Gasteiger partial charge is 0.369 e. The van der Waals surface area contributed by atoms with E-state index in [1.807, 2.05) is 6.07 Å². The predicted molar refractivity (Wildman–Crippen MR) is 73.7 cm³/mol. The molecule has 3 nitrogen and oxygen atoms in total. The molecule has 2 rings (SSSR count). The average Bonchev–Trinajstić information content (AvgIpc) is 2.54. The normalized spacial score (nSPS) is 18.2. The van der Waals surface area contributed by atoms with Crippen LogP contribution in [-0.2, 0) is 6.54 Å². The van der Waals surface area contributed by atoms with Crippen LogP contribution < -0.4 is 10.6 Å². The zero-order valence-corrected chi connectivity index (χ0v) is 11.1. The second kappa shape index (κ2) is 5.71. The summed E-state index contributed by atoms with van der Waals surface area (Å²) in [4.78, 5) is 4.73. The third-order valence-electron chi connectivity index (χ3n) is 3.31. The Labute approximate surface area is 108 Å². The van der Waals surface area contributed by atoms with Gasteiger partial charge in [0.25, 0.3) is 0 Å². The molecule has 2 N–H and O–H groups in total. The average molecular weight is 254 g/mol. The van der Waals surface area contributed by atoms with E-state index in [1.165, 1.54) is 6.42 Å². The second-order valence-electron chi connectivity index (χ2n) is 4.63. The maximum atomic E-state index is 6.32. The van der Waals surface area contributed by atoms with Gasteiger partial charge in [0, 0.05) is 26.2 Å². The monoisotopic (exact) mass is 253 g/mol. The smallest absolute Gasteiger partial charge is 0.0642 e. The fraction of sp³-hybridized carbons (Fsp3) is 0.538. The number of hydrogen-bond acceptors (Lipinski definition) is 3. The number of hydrogen-bond donors (Lipinski definition) is 1. The molecule has 1 saturated heterocycles. The first-order valence-electron chi connectivity index (χ1n) is 6.12. The molecule has 0 radical (unpaired) electrons. The lowest BCUT2D eigenvalue weighted by Crippen LogP contribution is -2.28. The van der Waals surface area contributed by atoms with Crippen LogP contribution in [-0.4, -0.2) is 38.1 Å². The Bertz CT molecular complexity index is 381. The van der Waals surface area contributed by atoms with Crippen molar-refractivity contribution in [1.29, 1.82) is 0 Å². The van der Waals surface area contributed by atoms with Gasteiger partial charge in [-0.05, 0) is 37.7 Å². The maximum absolute atomic E-state index is 6.32. The highest BCUT2D eigenvalue weighted by Crippen LogP contribution is 2.27. The first kappa shape index (κ1) is 12.7. The summed E-state index contributed by atoms with van der Waals surface area (Å²) < 4.78 is 0. The third-order valence-corrected chi connectivity index (χ3v) is 3.61. The van der Waals surface area contributed by atoms with Crippen molar-refractivity contribution in [2.45, 2.75) is 13.0 Å². The highest BCUT2D eigenvalue weighted by Gasteiger charge is 2.14. The lowest BCUT2D eigenvalue weighted by molar-refractivity contribution is 0.360. The lowest BCUT2D eigenvalue weighted by atomic mass is 10.2. The number of benzene rings is 1. The van der Waals surface area contributed by atoms with E-state index in [1.54, 1.807) is 0 Å². The van der Waals surface area contributed by atoms with E-state index < -0.39 is 0 Å². The van der Waals surface area contributed by atoms with Crippen molar-refractivity contribution in [1.82, 2.24) is 4.90 Å². The summed E-state index contributed by atoms with van der Waals surface area (Å²) in [5.74, 6) is 0. The molecule has 0 atom stereocenters. The van der Waals surface area contributed by atoms with Crippen LogP contribution in [0.15, 0.2) is 18.2 Å². The van der Waals surface area contributed by atoms with Crippen LogP contribution in [0.2, 0.25) is 5.02 Å². The Balaban J connectivity index is 2.15. The summed E-state index contributed by atoms with van der Waals surface area (Å²) in [7, 11) is 2.17. The summed E-state index contributed by atoms with van der Waals surface area (Å²) in [5.41, 5.74) is 7.84. The van der Waals surface area contributed by atoms with Crippen LogP contribution in [0.25, 0.3) is 0 Å². The Morgan fingerprint density at radius 3 is 2.76 bits per heavy atom. The number of halogens is 1. The minimum atomic E-state index is 0.544. The zero-order valence-electron chi connectivity index (χ0n) is 10.3. The highest BCUT2D eigenvalue weighted by molar-refractivity contribution is 6.33. The minimum Gasteiger partial charge on any atom is -0.369 e. The van der Waals surface area contributed by atoms with Crippen LogP contribution >= 0.6 is 11.6 Å². The van der Waals surface area contributed by atoms with Crippen molar-refractivity contribution in [2.24, 2.45) is 5.73 Å². The molecular formula is C13H20ClN3. The van der Waals surface area contributed by atoms with Gasteiger partial charge in [-0.15, -0.1) is 0 Å². The van der Waals surface area contributed by atoms with Crippen LogP contribution in [0.4, 0.5) is 5.69 Å². The lowest BCUT2D eigenvalue weighted by Gasteiger charge is -2.24. The molecule has 0 amide bonds. The second-order valence-corrected chi connectivity index (χ2v) is 5.04. The van der Waals surface area contributed by atoms with Crippen molar-refractivity contribution in [3.8, 4) is 0 Å². The van der Waals surface area contributed by atoms with E-state index in [9.17, 15) is 0 Å². The molecule has 1 aliphatic heterocycles. The van der Waals surface area contributed by atoms with Crippen LogP contribution in [0, 0.1) is 0 Å².